The zero-order valence-corrected chi connectivity index (χ0v) is 13.1. The Labute approximate surface area is 128 Å². The Morgan fingerprint density at radius 2 is 2.05 bits per heavy atom. The lowest BCUT2D eigenvalue weighted by molar-refractivity contribution is 0.139. The predicted octanol–water partition coefficient (Wildman–Crippen LogP) is 3.60. The van der Waals surface area contributed by atoms with Crippen molar-refractivity contribution in [2.75, 3.05) is 6.61 Å². The number of rotatable bonds is 4. The highest BCUT2D eigenvalue weighted by atomic mass is 16.5. The largest absolute Gasteiger partial charge is 0.493 e. The Bertz CT molecular complexity index is 462. The molecule has 0 bridgehead atoms. The maximum absolute atomic E-state index is 6.02. The fourth-order valence-electron chi connectivity index (χ4n) is 4.50. The third-order valence-electron chi connectivity index (χ3n) is 5.58. The molecule has 1 fully saturated rings. The quantitative estimate of drug-likeness (QED) is 0.657. The summed E-state index contributed by atoms with van der Waals surface area (Å²) in [5.41, 5.74) is 4.53. The molecule has 3 rings (SSSR count). The van der Waals surface area contributed by atoms with Crippen LogP contribution in [0, 0.1) is 11.8 Å². The summed E-state index contributed by atoms with van der Waals surface area (Å²) in [6, 6.07) is 8.86. The molecule has 4 unspecified atom stereocenters. The highest BCUT2D eigenvalue weighted by Gasteiger charge is 2.37. The van der Waals surface area contributed by atoms with E-state index >= 15 is 0 Å². The van der Waals surface area contributed by atoms with Crippen LogP contribution in [0.5, 0.6) is 5.75 Å². The monoisotopic (exact) mass is 288 g/mol. The zero-order chi connectivity index (χ0) is 14.7. The van der Waals surface area contributed by atoms with E-state index in [1.54, 1.807) is 0 Å². The van der Waals surface area contributed by atoms with Gasteiger partial charge in [-0.25, -0.2) is 0 Å². The molecule has 1 aliphatic carbocycles. The Hall–Kier alpha value is -1.06. The number of nitrogens with one attached hydrogen (secondary N) is 1. The zero-order valence-electron chi connectivity index (χ0n) is 13.1. The first-order chi connectivity index (χ1) is 10.3. The third-order valence-corrected chi connectivity index (χ3v) is 5.58. The van der Waals surface area contributed by atoms with Gasteiger partial charge in [0, 0.05) is 12.0 Å². The van der Waals surface area contributed by atoms with E-state index < -0.39 is 0 Å². The minimum atomic E-state index is 0.375. The molecule has 0 amide bonds. The average Bonchev–Trinajstić information content (AvgIpc) is 2.56. The molecule has 1 saturated carbocycles. The number of hydrogen-bond donors (Lipinski definition) is 2. The van der Waals surface area contributed by atoms with Gasteiger partial charge in [-0.05, 0) is 36.3 Å². The topological polar surface area (TPSA) is 47.3 Å². The number of benzene rings is 1. The number of hydrogen-bond acceptors (Lipinski definition) is 3. The van der Waals surface area contributed by atoms with Crippen molar-refractivity contribution in [1.82, 2.24) is 5.43 Å². The van der Waals surface area contributed by atoms with E-state index in [9.17, 15) is 0 Å². The number of para-hydroxylation sites is 1. The molecule has 3 nitrogen and oxygen atoms in total. The van der Waals surface area contributed by atoms with Crippen molar-refractivity contribution < 1.29 is 4.74 Å². The lowest BCUT2D eigenvalue weighted by Gasteiger charge is -2.42. The summed E-state index contributed by atoms with van der Waals surface area (Å²) >= 11 is 0. The summed E-state index contributed by atoms with van der Waals surface area (Å²) in [7, 11) is 0. The Morgan fingerprint density at radius 1 is 1.24 bits per heavy atom. The molecule has 1 aliphatic heterocycles. The van der Waals surface area contributed by atoms with E-state index in [1.165, 1.54) is 37.7 Å². The van der Waals surface area contributed by atoms with Crippen LogP contribution in [0.3, 0.4) is 0 Å². The van der Waals surface area contributed by atoms with Crippen LogP contribution in [0.1, 0.15) is 56.9 Å². The number of nitrogens with two attached hydrogens (primary N) is 1. The Kier molecular flexibility index (Phi) is 4.81. The average molecular weight is 288 g/mol. The van der Waals surface area contributed by atoms with Gasteiger partial charge in [-0.2, -0.15) is 0 Å². The van der Waals surface area contributed by atoms with Crippen molar-refractivity contribution in [3.05, 3.63) is 29.8 Å². The first-order valence-electron chi connectivity index (χ1n) is 8.53. The van der Waals surface area contributed by atoms with E-state index in [0.717, 1.165) is 24.7 Å². The molecule has 0 aromatic heterocycles. The van der Waals surface area contributed by atoms with E-state index in [1.807, 2.05) is 0 Å². The van der Waals surface area contributed by atoms with E-state index in [-0.39, 0.29) is 0 Å². The molecule has 116 valence electrons. The summed E-state index contributed by atoms with van der Waals surface area (Å²) in [5, 5.41) is 0. The van der Waals surface area contributed by atoms with Crippen molar-refractivity contribution in [2.45, 2.75) is 57.4 Å². The van der Waals surface area contributed by atoms with Gasteiger partial charge in [-0.15, -0.1) is 0 Å². The summed E-state index contributed by atoms with van der Waals surface area (Å²) in [5.74, 6) is 9.07. The number of hydrazine groups is 1. The van der Waals surface area contributed by atoms with Crippen LogP contribution in [0.15, 0.2) is 24.3 Å². The molecule has 3 N–H and O–H groups in total. The van der Waals surface area contributed by atoms with Crippen molar-refractivity contribution in [3.63, 3.8) is 0 Å². The first kappa shape index (κ1) is 14.9. The first-order valence-corrected chi connectivity index (χ1v) is 8.53. The summed E-state index contributed by atoms with van der Waals surface area (Å²) in [4.78, 5) is 0. The summed E-state index contributed by atoms with van der Waals surface area (Å²) in [6.07, 6.45) is 7.75. The van der Waals surface area contributed by atoms with Gasteiger partial charge < -0.3 is 4.74 Å². The van der Waals surface area contributed by atoms with Gasteiger partial charge in [0.15, 0.2) is 0 Å². The molecule has 4 atom stereocenters. The fraction of sp³-hybridized carbons (Fsp3) is 0.667. The third kappa shape index (κ3) is 2.95. The van der Waals surface area contributed by atoms with Crippen molar-refractivity contribution in [2.24, 2.45) is 17.7 Å². The fourth-order valence-corrected chi connectivity index (χ4v) is 4.50. The van der Waals surface area contributed by atoms with Crippen LogP contribution in [-0.4, -0.2) is 12.6 Å². The molecule has 0 radical (unpaired) electrons. The van der Waals surface area contributed by atoms with Crippen LogP contribution >= 0.6 is 0 Å². The normalized spacial score (nSPS) is 30.3. The minimum absolute atomic E-state index is 0.375. The minimum Gasteiger partial charge on any atom is -0.493 e. The molecule has 0 saturated heterocycles. The lowest BCUT2D eigenvalue weighted by atomic mass is 9.69. The SMILES string of the molecule is CCC1CCCCC1C(NN)C1CCOc2ccccc21. The molecule has 3 heteroatoms. The number of ether oxygens (including phenoxy) is 1. The van der Waals surface area contributed by atoms with E-state index in [0.29, 0.717) is 17.9 Å². The molecule has 1 aromatic rings. The molecule has 1 aromatic carbocycles. The maximum Gasteiger partial charge on any atom is 0.122 e. The Balaban J connectivity index is 1.86. The van der Waals surface area contributed by atoms with Crippen LogP contribution in [0.2, 0.25) is 0 Å². The molecular formula is C18H28N2O. The van der Waals surface area contributed by atoms with Gasteiger partial charge in [-0.3, -0.25) is 11.3 Å². The van der Waals surface area contributed by atoms with E-state index in [2.05, 4.69) is 36.6 Å². The highest BCUT2D eigenvalue weighted by molar-refractivity contribution is 5.38. The molecule has 1 heterocycles. The second kappa shape index (κ2) is 6.80. The van der Waals surface area contributed by atoms with Crippen LogP contribution in [0.25, 0.3) is 0 Å². The summed E-state index contributed by atoms with van der Waals surface area (Å²) < 4.78 is 5.82. The maximum atomic E-state index is 6.02. The van der Waals surface area contributed by atoms with Crippen molar-refractivity contribution >= 4 is 0 Å². The van der Waals surface area contributed by atoms with Crippen molar-refractivity contribution in [3.8, 4) is 5.75 Å². The molecule has 0 spiro atoms. The van der Waals surface area contributed by atoms with Gasteiger partial charge in [0.2, 0.25) is 0 Å². The van der Waals surface area contributed by atoms with Gasteiger partial charge in [-0.1, -0.05) is 50.8 Å². The smallest absolute Gasteiger partial charge is 0.122 e. The van der Waals surface area contributed by atoms with Gasteiger partial charge in [0.05, 0.1) is 6.61 Å². The summed E-state index contributed by atoms with van der Waals surface area (Å²) in [6.45, 7) is 3.14. The van der Waals surface area contributed by atoms with Crippen LogP contribution < -0.4 is 16.0 Å². The number of fused-ring (bicyclic) bond motifs is 1. The lowest BCUT2D eigenvalue weighted by Crippen LogP contribution is -2.49. The van der Waals surface area contributed by atoms with E-state index in [4.69, 9.17) is 10.6 Å². The highest BCUT2D eigenvalue weighted by Crippen LogP contribution is 2.43. The van der Waals surface area contributed by atoms with Gasteiger partial charge >= 0.3 is 0 Å². The standard InChI is InChI=1S/C18H28N2O/c1-2-13-7-3-4-8-14(13)18(20-19)16-11-12-21-17-10-6-5-9-15(16)17/h5-6,9-10,13-14,16,18,20H,2-4,7-8,11-12,19H2,1H3. The van der Waals surface area contributed by atoms with Crippen LogP contribution in [-0.2, 0) is 0 Å². The predicted molar refractivity (Wildman–Crippen MR) is 86.1 cm³/mol. The van der Waals surface area contributed by atoms with Gasteiger partial charge in [0.1, 0.15) is 5.75 Å². The molecule has 21 heavy (non-hydrogen) atoms. The second-order valence-corrected chi connectivity index (χ2v) is 6.59. The molecular weight excluding hydrogens is 260 g/mol. The van der Waals surface area contributed by atoms with Crippen molar-refractivity contribution in [1.29, 1.82) is 0 Å². The Morgan fingerprint density at radius 3 is 2.86 bits per heavy atom. The second-order valence-electron chi connectivity index (χ2n) is 6.59. The van der Waals surface area contributed by atoms with Crippen LogP contribution in [0.4, 0.5) is 0 Å². The van der Waals surface area contributed by atoms with Gasteiger partial charge in [0.25, 0.3) is 0 Å². The molecule has 2 aliphatic rings.